The van der Waals surface area contributed by atoms with Crippen LogP contribution in [-0.2, 0) is 5.41 Å². The van der Waals surface area contributed by atoms with Gasteiger partial charge in [0.15, 0.2) is 0 Å². The zero-order valence-corrected chi connectivity index (χ0v) is 18.5. The van der Waals surface area contributed by atoms with Gasteiger partial charge < -0.3 is 4.90 Å². The molecule has 1 aliphatic carbocycles. The number of hydrogen-bond donors (Lipinski definition) is 0. The summed E-state index contributed by atoms with van der Waals surface area (Å²) in [6.07, 6.45) is 1.20. The number of para-hydroxylation sites is 1. The van der Waals surface area contributed by atoms with Gasteiger partial charge in [0, 0.05) is 16.8 Å². The van der Waals surface area contributed by atoms with Gasteiger partial charge in [-0.05, 0) is 81.9 Å². The zero-order chi connectivity index (χ0) is 21.5. The number of hydrogen-bond acceptors (Lipinski definition) is 1. The number of rotatable bonds is 2. The Bertz CT molecular complexity index is 1480. The molecule has 5 aromatic rings. The Labute approximate surface area is 188 Å². The van der Waals surface area contributed by atoms with Gasteiger partial charge >= 0.3 is 0 Å². The van der Waals surface area contributed by atoms with Crippen molar-refractivity contribution in [2.75, 3.05) is 4.90 Å². The first-order chi connectivity index (χ1) is 15.6. The van der Waals surface area contributed by atoms with E-state index in [0.29, 0.717) is 0 Å². The Balaban J connectivity index is 1.50. The Kier molecular flexibility index (Phi) is 3.39. The molecule has 2 aliphatic rings. The van der Waals surface area contributed by atoms with Crippen molar-refractivity contribution in [1.29, 1.82) is 0 Å². The molecule has 0 saturated heterocycles. The van der Waals surface area contributed by atoms with Crippen LogP contribution in [0.4, 0.5) is 11.4 Å². The molecular formula is C31H25N. The van der Waals surface area contributed by atoms with E-state index in [1.807, 2.05) is 0 Å². The molecule has 1 saturated carbocycles. The summed E-state index contributed by atoms with van der Waals surface area (Å²) in [5.41, 5.74) is 7.15. The first kappa shape index (κ1) is 18.0. The summed E-state index contributed by atoms with van der Waals surface area (Å²) < 4.78 is 0. The van der Waals surface area contributed by atoms with Crippen LogP contribution in [0.5, 0.6) is 0 Å². The van der Waals surface area contributed by atoms with Gasteiger partial charge in [0.2, 0.25) is 0 Å². The van der Waals surface area contributed by atoms with E-state index in [0.717, 1.165) is 0 Å². The van der Waals surface area contributed by atoms with Crippen LogP contribution in [0.1, 0.15) is 25.8 Å². The highest BCUT2D eigenvalue weighted by Crippen LogP contribution is 2.70. The van der Waals surface area contributed by atoms with Crippen molar-refractivity contribution in [2.24, 2.45) is 0 Å². The summed E-state index contributed by atoms with van der Waals surface area (Å²) in [5.74, 6) is 0. The molecule has 0 N–H and O–H groups in total. The summed E-state index contributed by atoms with van der Waals surface area (Å²) in [6.45, 7) is 4.87. The van der Waals surface area contributed by atoms with E-state index in [2.05, 4.69) is 122 Å². The van der Waals surface area contributed by atoms with Gasteiger partial charge in [-0.2, -0.15) is 0 Å². The maximum absolute atomic E-state index is 2.58. The monoisotopic (exact) mass is 411 g/mol. The van der Waals surface area contributed by atoms with Crippen LogP contribution in [0.25, 0.3) is 32.7 Å². The van der Waals surface area contributed by atoms with Gasteiger partial charge in [0.25, 0.3) is 0 Å². The molecule has 1 heteroatoms. The van der Waals surface area contributed by atoms with Crippen LogP contribution < -0.4 is 4.90 Å². The summed E-state index contributed by atoms with van der Waals surface area (Å²) >= 11 is 0. The van der Waals surface area contributed by atoms with Crippen molar-refractivity contribution in [3.63, 3.8) is 0 Å². The molecular weight excluding hydrogens is 386 g/mol. The molecule has 0 aromatic heterocycles. The summed E-state index contributed by atoms with van der Waals surface area (Å²) in [6, 6.07) is 38.0. The van der Waals surface area contributed by atoms with Gasteiger partial charge in [-0.3, -0.25) is 0 Å². The van der Waals surface area contributed by atoms with Crippen molar-refractivity contribution in [3.05, 3.63) is 109 Å². The van der Waals surface area contributed by atoms with Crippen molar-refractivity contribution in [3.8, 4) is 11.1 Å². The molecule has 154 valence electrons. The molecule has 1 heterocycles. The van der Waals surface area contributed by atoms with Crippen LogP contribution >= 0.6 is 0 Å². The second kappa shape index (κ2) is 6.01. The molecule has 0 bridgehead atoms. The standard InChI is InChI=1S/C31H25N/c1-30-20-31(30,2)32(24-12-4-3-5-13-24)28-17-16-23(19-27(28)30)29-25-14-8-6-10-21(25)18-22-11-7-9-15-26(22)29/h3-19H,20H2,1-2H3. The molecule has 1 nitrogen and oxygen atoms in total. The average molecular weight is 412 g/mol. The van der Waals surface area contributed by atoms with Gasteiger partial charge in [0.05, 0.1) is 5.54 Å². The average Bonchev–Trinajstić information content (AvgIpc) is 3.34. The van der Waals surface area contributed by atoms with Gasteiger partial charge in [-0.25, -0.2) is 0 Å². The van der Waals surface area contributed by atoms with Crippen LogP contribution in [0.2, 0.25) is 0 Å². The minimum absolute atomic E-state index is 0.149. The van der Waals surface area contributed by atoms with E-state index in [1.54, 1.807) is 0 Å². The Hall–Kier alpha value is -3.58. The zero-order valence-electron chi connectivity index (χ0n) is 18.5. The van der Waals surface area contributed by atoms with Crippen LogP contribution in [0, 0.1) is 0 Å². The molecule has 0 spiro atoms. The second-order valence-electron chi connectivity index (χ2n) is 9.88. The quantitative estimate of drug-likeness (QED) is 0.264. The second-order valence-corrected chi connectivity index (χ2v) is 9.88. The lowest BCUT2D eigenvalue weighted by atomic mass is 9.88. The lowest BCUT2D eigenvalue weighted by Crippen LogP contribution is -2.30. The SMILES string of the molecule is CC12CC1(C)N(c1ccccc1)c1ccc(-c3c4ccccc4cc4ccccc34)cc12. The van der Waals surface area contributed by atoms with Crippen molar-refractivity contribution in [1.82, 2.24) is 0 Å². The molecule has 5 aromatic carbocycles. The normalized spacial score (nSPS) is 23.4. The number of benzene rings is 5. The van der Waals surface area contributed by atoms with E-state index in [4.69, 9.17) is 0 Å². The van der Waals surface area contributed by atoms with E-state index in [-0.39, 0.29) is 11.0 Å². The van der Waals surface area contributed by atoms with Crippen LogP contribution in [0.3, 0.4) is 0 Å². The molecule has 2 atom stereocenters. The summed E-state index contributed by atoms with van der Waals surface area (Å²) in [5, 5.41) is 5.26. The van der Waals surface area contributed by atoms with Crippen LogP contribution in [0.15, 0.2) is 103 Å². The Morgan fingerprint density at radius 3 is 1.97 bits per heavy atom. The Morgan fingerprint density at radius 1 is 0.656 bits per heavy atom. The molecule has 7 rings (SSSR count). The number of nitrogens with zero attached hydrogens (tertiary/aromatic N) is 1. The maximum Gasteiger partial charge on any atom is 0.0528 e. The highest BCUT2D eigenvalue weighted by Gasteiger charge is 2.70. The van der Waals surface area contributed by atoms with Gasteiger partial charge in [-0.15, -0.1) is 0 Å². The first-order valence-electron chi connectivity index (χ1n) is 11.5. The predicted octanol–water partition coefficient (Wildman–Crippen LogP) is 8.23. The topological polar surface area (TPSA) is 3.24 Å². The highest BCUT2D eigenvalue weighted by molar-refractivity contribution is 6.12. The third-order valence-corrected chi connectivity index (χ3v) is 8.16. The van der Waals surface area contributed by atoms with E-state index >= 15 is 0 Å². The van der Waals surface area contributed by atoms with Crippen molar-refractivity contribution in [2.45, 2.75) is 31.2 Å². The van der Waals surface area contributed by atoms with Gasteiger partial charge in [-0.1, -0.05) is 79.7 Å². The summed E-state index contributed by atoms with van der Waals surface area (Å²) in [4.78, 5) is 2.58. The molecule has 32 heavy (non-hydrogen) atoms. The first-order valence-corrected chi connectivity index (χ1v) is 11.5. The molecule has 1 fully saturated rings. The highest BCUT2D eigenvalue weighted by atomic mass is 15.3. The summed E-state index contributed by atoms with van der Waals surface area (Å²) in [7, 11) is 0. The van der Waals surface area contributed by atoms with Crippen molar-refractivity contribution < 1.29 is 0 Å². The van der Waals surface area contributed by atoms with Crippen molar-refractivity contribution >= 4 is 32.9 Å². The fourth-order valence-electron chi connectivity index (χ4n) is 6.28. The lowest BCUT2D eigenvalue weighted by molar-refractivity contribution is 0.639. The van der Waals surface area contributed by atoms with E-state index in [9.17, 15) is 0 Å². The lowest BCUT2D eigenvalue weighted by Gasteiger charge is -2.29. The van der Waals surface area contributed by atoms with E-state index < -0.39 is 0 Å². The fraction of sp³-hybridized carbons (Fsp3) is 0.161. The van der Waals surface area contributed by atoms with E-state index in [1.165, 1.54) is 56.0 Å². The number of fused-ring (bicyclic) bond motifs is 5. The minimum Gasteiger partial charge on any atom is -0.334 e. The third kappa shape index (κ3) is 2.18. The molecule has 1 aliphatic heterocycles. The van der Waals surface area contributed by atoms with Crippen LogP contribution in [-0.4, -0.2) is 5.54 Å². The largest absolute Gasteiger partial charge is 0.334 e. The smallest absolute Gasteiger partial charge is 0.0528 e. The maximum atomic E-state index is 2.58. The fourth-order valence-corrected chi connectivity index (χ4v) is 6.28. The number of anilines is 2. The Morgan fingerprint density at radius 2 is 1.28 bits per heavy atom. The molecule has 0 amide bonds. The third-order valence-electron chi connectivity index (χ3n) is 8.16. The molecule has 2 unspecified atom stereocenters. The van der Waals surface area contributed by atoms with Gasteiger partial charge in [0.1, 0.15) is 0 Å². The predicted molar refractivity (Wildman–Crippen MR) is 136 cm³/mol. The molecule has 0 radical (unpaired) electrons. The minimum atomic E-state index is 0.149.